The van der Waals surface area contributed by atoms with E-state index in [1.54, 1.807) is 35.3 Å². The molecule has 0 fully saturated rings. The van der Waals surface area contributed by atoms with Crippen LogP contribution in [-0.2, 0) is 0 Å². The summed E-state index contributed by atoms with van der Waals surface area (Å²) >= 11 is 0. The molecule has 1 aromatic heterocycles. The van der Waals surface area contributed by atoms with Crippen LogP contribution < -0.4 is 10.1 Å². The van der Waals surface area contributed by atoms with Crippen molar-refractivity contribution >= 4 is 11.4 Å². The van der Waals surface area contributed by atoms with Gasteiger partial charge in [-0.1, -0.05) is 22.9 Å². The zero-order chi connectivity index (χ0) is 11.4. The third-order valence-electron chi connectivity index (χ3n) is 2.07. The summed E-state index contributed by atoms with van der Waals surface area (Å²) in [5.74, 6) is 0. The average molecular weight is 216 g/mol. The Morgan fingerprint density at radius 3 is 2.44 bits per heavy atom. The van der Waals surface area contributed by atoms with E-state index in [2.05, 4.69) is 5.43 Å². The van der Waals surface area contributed by atoms with Gasteiger partial charge in [0.05, 0.1) is 4.92 Å². The van der Waals surface area contributed by atoms with Crippen molar-refractivity contribution in [1.82, 2.24) is 0 Å². The molecule has 0 aliphatic heterocycles. The van der Waals surface area contributed by atoms with E-state index in [0.29, 0.717) is 5.69 Å². The molecule has 1 heterocycles. The Morgan fingerprint density at radius 2 is 1.75 bits per heavy atom. The first-order valence-corrected chi connectivity index (χ1v) is 4.74. The highest BCUT2D eigenvalue weighted by molar-refractivity contribution is 5.59. The van der Waals surface area contributed by atoms with Crippen molar-refractivity contribution in [1.29, 1.82) is 0 Å². The molecule has 0 aliphatic carbocycles. The lowest BCUT2D eigenvalue weighted by atomic mass is 10.3. The molecule has 0 amide bonds. The molecular formula is C11H10N3O2+. The summed E-state index contributed by atoms with van der Waals surface area (Å²) < 4.78 is 1.66. The van der Waals surface area contributed by atoms with Gasteiger partial charge >= 0.3 is 0 Å². The minimum atomic E-state index is -0.411. The number of nitrogens with one attached hydrogen (secondary N) is 1. The molecule has 0 saturated heterocycles. The Bertz CT molecular complexity index is 500. The molecule has 0 atom stereocenters. The number of hydrogen-bond acceptors (Lipinski definition) is 3. The van der Waals surface area contributed by atoms with Crippen molar-refractivity contribution in [3.05, 3.63) is 65.0 Å². The van der Waals surface area contributed by atoms with Gasteiger partial charge in [-0.2, -0.15) is 5.43 Å². The first kappa shape index (κ1) is 10.1. The van der Waals surface area contributed by atoms with Crippen LogP contribution in [0, 0.1) is 10.1 Å². The van der Waals surface area contributed by atoms with E-state index in [4.69, 9.17) is 0 Å². The van der Waals surface area contributed by atoms with E-state index in [0.717, 1.165) is 0 Å². The quantitative estimate of drug-likeness (QED) is 0.483. The molecule has 0 saturated carbocycles. The number of pyridine rings is 1. The number of para-hydroxylation sites is 2. The van der Waals surface area contributed by atoms with Gasteiger partial charge in [-0.05, 0) is 6.07 Å². The number of nitro groups is 1. The Morgan fingerprint density at radius 1 is 1.06 bits per heavy atom. The number of anilines is 1. The highest BCUT2D eigenvalue weighted by Gasteiger charge is 2.14. The molecule has 0 bridgehead atoms. The fraction of sp³-hybridized carbons (Fsp3) is 0. The lowest BCUT2D eigenvalue weighted by Gasteiger charge is -2.00. The van der Waals surface area contributed by atoms with Crippen LogP contribution >= 0.6 is 0 Å². The van der Waals surface area contributed by atoms with Crippen molar-refractivity contribution < 1.29 is 9.60 Å². The maximum Gasteiger partial charge on any atom is 0.298 e. The molecular weight excluding hydrogens is 206 g/mol. The van der Waals surface area contributed by atoms with Crippen LogP contribution in [0.3, 0.4) is 0 Å². The van der Waals surface area contributed by atoms with Crippen LogP contribution in [0.4, 0.5) is 11.4 Å². The Kier molecular flexibility index (Phi) is 2.77. The molecule has 0 aliphatic rings. The van der Waals surface area contributed by atoms with Crippen LogP contribution in [-0.4, -0.2) is 4.92 Å². The molecule has 0 radical (unpaired) electrons. The van der Waals surface area contributed by atoms with E-state index in [9.17, 15) is 10.1 Å². The summed E-state index contributed by atoms with van der Waals surface area (Å²) in [5, 5.41) is 10.8. The summed E-state index contributed by atoms with van der Waals surface area (Å²) in [6, 6.07) is 12.1. The first-order valence-electron chi connectivity index (χ1n) is 4.74. The standard InChI is InChI=1S/C11H10N3O2/c15-14(16)11-7-3-2-6-10(11)12-13-8-4-1-5-9-13/h1-9,12H/q+1. The first-order chi connectivity index (χ1) is 7.77. The lowest BCUT2D eigenvalue weighted by Crippen LogP contribution is -2.41. The Labute approximate surface area is 92.1 Å². The fourth-order valence-corrected chi connectivity index (χ4v) is 1.34. The van der Waals surface area contributed by atoms with Crippen molar-refractivity contribution in [2.24, 2.45) is 0 Å². The van der Waals surface area contributed by atoms with Crippen LogP contribution in [0.15, 0.2) is 54.9 Å². The largest absolute Gasteiger partial charge is 0.298 e. The number of rotatable bonds is 3. The van der Waals surface area contributed by atoms with E-state index < -0.39 is 4.92 Å². The predicted octanol–water partition coefficient (Wildman–Crippen LogP) is 1.76. The van der Waals surface area contributed by atoms with Gasteiger partial charge in [0.1, 0.15) is 0 Å². The summed E-state index contributed by atoms with van der Waals surface area (Å²) in [5.41, 5.74) is 3.45. The highest BCUT2D eigenvalue weighted by Crippen LogP contribution is 2.21. The minimum absolute atomic E-state index is 0.0545. The van der Waals surface area contributed by atoms with Gasteiger partial charge in [-0.15, -0.1) is 0 Å². The van der Waals surface area contributed by atoms with Gasteiger partial charge in [0, 0.05) is 18.2 Å². The van der Waals surface area contributed by atoms with E-state index >= 15 is 0 Å². The van der Waals surface area contributed by atoms with Gasteiger partial charge in [-0.25, -0.2) is 0 Å². The fourth-order valence-electron chi connectivity index (χ4n) is 1.34. The smallest absolute Gasteiger partial charge is 0.258 e. The van der Waals surface area contributed by atoms with Crippen molar-refractivity contribution in [3.8, 4) is 0 Å². The number of benzene rings is 1. The molecule has 2 aromatic rings. The lowest BCUT2D eigenvalue weighted by molar-refractivity contribution is -0.643. The second kappa shape index (κ2) is 4.39. The topological polar surface area (TPSA) is 59.1 Å². The van der Waals surface area contributed by atoms with Gasteiger partial charge in [0.25, 0.3) is 5.69 Å². The second-order valence-corrected chi connectivity index (χ2v) is 3.17. The predicted molar refractivity (Wildman–Crippen MR) is 58.8 cm³/mol. The summed E-state index contributed by atoms with van der Waals surface area (Å²) in [6.07, 6.45) is 3.55. The van der Waals surface area contributed by atoms with Crippen LogP contribution in [0.25, 0.3) is 0 Å². The van der Waals surface area contributed by atoms with Gasteiger partial charge < -0.3 is 0 Å². The maximum atomic E-state index is 10.8. The maximum absolute atomic E-state index is 10.8. The van der Waals surface area contributed by atoms with Crippen LogP contribution in [0.2, 0.25) is 0 Å². The van der Waals surface area contributed by atoms with Gasteiger partial charge in [-0.3, -0.25) is 10.1 Å². The van der Waals surface area contributed by atoms with Crippen molar-refractivity contribution in [2.45, 2.75) is 0 Å². The van der Waals surface area contributed by atoms with Crippen LogP contribution in [0.1, 0.15) is 0 Å². The average Bonchev–Trinajstić information content (AvgIpc) is 2.31. The summed E-state index contributed by atoms with van der Waals surface area (Å²) in [7, 11) is 0. The summed E-state index contributed by atoms with van der Waals surface area (Å²) in [6.45, 7) is 0. The molecule has 2 rings (SSSR count). The third kappa shape index (κ3) is 2.14. The van der Waals surface area contributed by atoms with Gasteiger partial charge in [0.15, 0.2) is 18.1 Å². The van der Waals surface area contributed by atoms with E-state index in [1.807, 2.05) is 18.2 Å². The normalized spacial score (nSPS) is 9.75. The number of nitrogens with zero attached hydrogens (tertiary/aromatic N) is 2. The number of hydrogen-bond donors (Lipinski definition) is 1. The van der Waals surface area contributed by atoms with Crippen molar-refractivity contribution in [3.63, 3.8) is 0 Å². The SMILES string of the molecule is O=[N+]([O-])c1ccccc1N[n+]1ccccc1. The Hall–Kier alpha value is -2.43. The van der Waals surface area contributed by atoms with E-state index in [-0.39, 0.29) is 5.69 Å². The van der Waals surface area contributed by atoms with Crippen LogP contribution in [0.5, 0.6) is 0 Å². The molecule has 16 heavy (non-hydrogen) atoms. The Balaban J connectivity index is 2.31. The summed E-state index contributed by atoms with van der Waals surface area (Å²) in [4.78, 5) is 10.4. The minimum Gasteiger partial charge on any atom is -0.258 e. The highest BCUT2D eigenvalue weighted by atomic mass is 16.6. The molecule has 1 N–H and O–H groups in total. The zero-order valence-corrected chi connectivity index (χ0v) is 8.41. The molecule has 5 nitrogen and oxygen atoms in total. The monoisotopic (exact) mass is 216 g/mol. The number of nitro benzene ring substituents is 1. The molecule has 5 heteroatoms. The molecule has 1 aromatic carbocycles. The number of aromatic nitrogens is 1. The van der Waals surface area contributed by atoms with Gasteiger partial charge in [0.2, 0.25) is 0 Å². The zero-order valence-electron chi connectivity index (χ0n) is 8.41. The van der Waals surface area contributed by atoms with Crippen molar-refractivity contribution in [2.75, 3.05) is 5.43 Å². The van der Waals surface area contributed by atoms with E-state index in [1.165, 1.54) is 6.07 Å². The molecule has 80 valence electrons. The molecule has 0 spiro atoms. The second-order valence-electron chi connectivity index (χ2n) is 3.17. The molecule has 0 unspecified atom stereocenters. The third-order valence-corrected chi connectivity index (χ3v) is 2.07.